The van der Waals surface area contributed by atoms with Gasteiger partial charge in [-0.2, -0.15) is 0 Å². The fourth-order valence-electron chi connectivity index (χ4n) is 2.56. The van der Waals surface area contributed by atoms with Gasteiger partial charge in [0.05, 0.1) is 12.2 Å². The molecular weight excluding hydrogens is 470 g/mol. The summed E-state index contributed by atoms with van der Waals surface area (Å²) in [5.41, 5.74) is 6.20. The monoisotopic (exact) mass is 499 g/mol. The van der Waals surface area contributed by atoms with Crippen LogP contribution in [0, 0.1) is 5.41 Å². The van der Waals surface area contributed by atoms with Crippen LogP contribution >= 0.6 is 0 Å². The average molecular weight is 500 g/mol. The topological polar surface area (TPSA) is 169 Å². The van der Waals surface area contributed by atoms with E-state index in [9.17, 15) is 14.4 Å². The Balaban J connectivity index is 0.00000150. The average Bonchev–Trinajstić information content (AvgIpc) is 2.82. The lowest BCUT2D eigenvalue weighted by Gasteiger charge is -2.20. The SMILES string of the molecule is C=CCN(CC(=O)OCC)C(=O)COc1ccc(C(=O)Oc2ccc(C(=N)N)cc2)cc1.CC(=O)O. The summed E-state index contributed by atoms with van der Waals surface area (Å²) in [5, 5.41) is 14.8. The molecule has 0 spiro atoms. The van der Waals surface area contributed by atoms with Gasteiger partial charge in [0.2, 0.25) is 0 Å². The Morgan fingerprint density at radius 1 is 1.03 bits per heavy atom. The van der Waals surface area contributed by atoms with Gasteiger partial charge in [0.1, 0.15) is 23.9 Å². The van der Waals surface area contributed by atoms with Crippen molar-refractivity contribution in [2.24, 2.45) is 5.73 Å². The number of rotatable bonds is 11. The van der Waals surface area contributed by atoms with E-state index >= 15 is 0 Å². The molecule has 192 valence electrons. The van der Waals surface area contributed by atoms with Gasteiger partial charge in [-0.05, 0) is 55.5 Å². The second-order valence-electron chi connectivity index (χ2n) is 7.03. The van der Waals surface area contributed by atoms with Gasteiger partial charge >= 0.3 is 11.9 Å². The number of amides is 1. The minimum atomic E-state index is -0.833. The number of amidine groups is 1. The molecule has 0 saturated heterocycles. The van der Waals surface area contributed by atoms with Crippen molar-refractivity contribution < 1.29 is 38.5 Å². The molecule has 0 aliphatic heterocycles. The zero-order valence-electron chi connectivity index (χ0n) is 20.1. The molecule has 0 bridgehead atoms. The predicted molar refractivity (Wildman–Crippen MR) is 131 cm³/mol. The molecule has 0 heterocycles. The second-order valence-corrected chi connectivity index (χ2v) is 7.03. The number of carboxylic acid groups (broad SMARTS) is 1. The van der Waals surface area contributed by atoms with E-state index < -0.39 is 23.8 Å². The molecule has 2 aromatic rings. The first-order valence-electron chi connectivity index (χ1n) is 10.7. The summed E-state index contributed by atoms with van der Waals surface area (Å²) < 4.78 is 15.6. The molecule has 2 aromatic carbocycles. The molecule has 2 rings (SSSR count). The maximum absolute atomic E-state index is 12.3. The van der Waals surface area contributed by atoms with Gasteiger partial charge < -0.3 is 30.0 Å². The van der Waals surface area contributed by atoms with E-state index in [4.69, 9.17) is 35.3 Å². The fraction of sp³-hybridized carbons (Fsp3) is 0.240. The number of nitrogen functional groups attached to an aromatic ring is 1. The molecule has 1 amide bonds. The third-order valence-electron chi connectivity index (χ3n) is 4.16. The minimum Gasteiger partial charge on any atom is -0.484 e. The molecule has 0 saturated carbocycles. The van der Waals surface area contributed by atoms with Crippen LogP contribution in [-0.4, -0.2) is 66.0 Å². The van der Waals surface area contributed by atoms with E-state index in [0.717, 1.165) is 6.92 Å². The number of ether oxygens (including phenoxy) is 3. The number of carbonyl (C=O) groups excluding carboxylic acids is 3. The van der Waals surface area contributed by atoms with Crippen LogP contribution in [0.15, 0.2) is 61.2 Å². The highest BCUT2D eigenvalue weighted by Crippen LogP contribution is 2.17. The Morgan fingerprint density at radius 3 is 2.06 bits per heavy atom. The Labute approximate surface area is 208 Å². The number of aliphatic carboxylic acids is 1. The summed E-state index contributed by atoms with van der Waals surface area (Å²) in [5.74, 6) is -1.72. The van der Waals surface area contributed by atoms with Crippen LogP contribution in [0.1, 0.15) is 29.8 Å². The Morgan fingerprint density at radius 2 is 1.56 bits per heavy atom. The largest absolute Gasteiger partial charge is 0.484 e. The van der Waals surface area contributed by atoms with Crippen molar-refractivity contribution in [2.75, 3.05) is 26.3 Å². The molecule has 11 heteroatoms. The number of carboxylic acids is 1. The Hall–Kier alpha value is -4.67. The van der Waals surface area contributed by atoms with Crippen LogP contribution in [0.3, 0.4) is 0 Å². The quantitative estimate of drug-likeness (QED) is 0.138. The van der Waals surface area contributed by atoms with Crippen molar-refractivity contribution in [1.82, 2.24) is 4.90 Å². The van der Waals surface area contributed by atoms with E-state index in [-0.39, 0.29) is 37.7 Å². The van der Waals surface area contributed by atoms with Gasteiger partial charge in [0, 0.05) is 19.0 Å². The third-order valence-corrected chi connectivity index (χ3v) is 4.16. The summed E-state index contributed by atoms with van der Waals surface area (Å²) in [6.45, 7) is 6.26. The Bertz CT molecular complexity index is 1060. The zero-order valence-corrected chi connectivity index (χ0v) is 20.1. The van der Waals surface area contributed by atoms with Gasteiger partial charge in [-0.25, -0.2) is 4.79 Å². The van der Waals surface area contributed by atoms with Crippen molar-refractivity contribution >= 4 is 29.7 Å². The van der Waals surface area contributed by atoms with Gasteiger partial charge in [0.15, 0.2) is 6.61 Å². The molecule has 36 heavy (non-hydrogen) atoms. The van der Waals surface area contributed by atoms with E-state index in [1.54, 1.807) is 31.2 Å². The number of nitrogens with two attached hydrogens (primary N) is 1. The molecule has 0 aliphatic rings. The fourth-order valence-corrected chi connectivity index (χ4v) is 2.56. The van der Waals surface area contributed by atoms with Gasteiger partial charge in [-0.1, -0.05) is 6.08 Å². The van der Waals surface area contributed by atoms with Crippen molar-refractivity contribution in [3.63, 3.8) is 0 Å². The van der Waals surface area contributed by atoms with E-state index in [0.29, 0.717) is 17.1 Å². The first kappa shape index (κ1) is 29.4. The normalized spacial score (nSPS) is 9.61. The van der Waals surface area contributed by atoms with Crippen molar-refractivity contribution in [3.8, 4) is 11.5 Å². The number of nitrogens with zero attached hydrogens (tertiary/aromatic N) is 1. The lowest BCUT2D eigenvalue weighted by molar-refractivity contribution is -0.149. The van der Waals surface area contributed by atoms with Crippen molar-refractivity contribution in [3.05, 3.63) is 72.3 Å². The van der Waals surface area contributed by atoms with Gasteiger partial charge in [0.25, 0.3) is 11.9 Å². The number of hydrogen-bond acceptors (Lipinski definition) is 8. The van der Waals surface area contributed by atoms with Gasteiger partial charge in [-0.15, -0.1) is 6.58 Å². The van der Waals surface area contributed by atoms with E-state index in [2.05, 4.69) is 6.58 Å². The highest BCUT2D eigenvalue weighted by Gasteiger charge is 2.17. The molecule has 0 aromatic heterocycles. The summed E-state index contributed by atoms with van der Waals surface area (Å²) in [6.07, 6.45) is 1.51. The molecule has 4 N–H and O–H groups in total. The summed E-state index contributed by atoms with van der Waals surface area (Å²) >= 11 is 0. The van der Waals surface area contributed by atoms with Crippen molar-refractivity contribution in [2.45, 2.75) is 13.8 Å². The predicted octanol–water partition coefficient (Wildman–Crippen LogP) is 2.24. The van der Waals surface area contributed by atoms with Crippen LogP contribution in [0.4, 0.5) is 0 Å². The lowest BCUT2D eigenvalue weighted by Crippen LogP contribution is -2.39. The molecule has 0 unspecified atom stereocenters. The molecule has 0 aliphatic carbocycles. The first-order chi connectivity index (χ1) is 17.1. The van der Waals surface area contributed by atoms with Crippen LogP contribution in [-0.2, 0) is 19.1 Å². The maximum Gasteiger partial charge on any atom is 0.343 e. The number of nitrogens with one attached hydrogen (secondary N) is 1. The smallest absolute Gasteiger partial charge is 0.343 e. The number of esters is 2. The zero-order chi connectivity index (χ0) is 27.1. The van der Waals surface area contributed by atoms with E-state index in [1.807, 2.05) is 0 Å². The highest BCUT2D eigenvalue weighted by molar-refractivity contribution is 5.95. The molecule has 0 fully saturated rings. The van der Waals surface area contributed by atoms with Crippen LogP contribution in [0.2, 0.25) is 0 Å². The summed E-state index contributed by atoms with van der Waals surface area (Å²) in [7, 11) is 0. The van der Waals surface area contributed by atoms with Crippen molar-refractivity contribution in [1.29, 1.82) is 5.41 Å². The number of hydrogen-bond donors (Lipinski definition) is 3. The number of carbonyl (C=O) groups is 4. The Kier molecular flexibility index (Phi) is 12.5. The van der Waals surface area contributed by atoms with Crippen LogP contribution < -0.4 is 15.2 Å². The molecule has 11 nitrogen and oxygen atoms in total. The molecular formula is C25H29N3O8. The summed E-state index contributed by atoms with van der Waals surface area (Å²) in [6, 6.07) is 12.3. The lowest BCUT2D eigenvalue weighted by atomic mass is 10.2. The summed E-state index contributed by atoms with van der Waals surface area (Å²) in [4.78, 5) is 46.5. The van der Waals surface area contributed by atoms with Crippen LogP contribution in [0.25, 0.3) is 0 Å². The first-order valence-corrected chi connectivity index (χ1v) is 10.7. The standard InChI is InChI=1S/C23H25N3O6.C2H4O2/c1-3-13-26(14-21(28)30-4-2)20(27)15-31-18-9-7-17(8-10-18)23(29)32-19-11-5-16(6-12-19)22(24)25;1-2(3)4/h3,5-12H,1,4,13-15H2,2H3,(H3,24,25);1H3,(H,3,4). The van der Waals surface area contributed by atoms with Crippen LogP contribution in [0.5, 0.6) is 11.5 Å². The molecule has 0 atom stereocenters. The van der Waals surface area contributed by atoms with E-state index in [1.165, 1.54) is 35.2 Å². The maximum atomic E-state index is 12.3. The van der Waals surface area contributed by atoms with Gasteiger partial charge in [-0.3, -0.25) is 19.8 Å². The third kappa shape index (κ3) is 11.0. The highest BCUT2D eigenvalue weighted by atomic mass is 16.5. The second kappa shape index (κ2) is 15.3. The minimum absolute atomic E-state index is 0.0783. The number of benzene rings is 2. The molecule has 0 radical (unpaired) electrons.